The van der Waals surface area contributed by atoms with E-state index < -0.39 is 0 Å². The maximum atomic E-state index is 11.4. The summed E-state index contributed by atoms with van der Waals surface area (Å²) in [4.78, 5) is 12.1. The highest BCUT2D eigenvalue weighted by Gasteiger charge is 2.19. The van der Waals surface area contributed by atoms with Gasteiger partial charge in [0.05, 0.1) is 17.2 Å². The zero-order valence-corrected chi connectivity index (χ0v) is 8.34. The molecule has 1 rings (SSSR count). The molecule has 2 nitrogen and oxygen atoms in total. The van der Waals surface area contributed by atoms with Crippen LogP contribution in [0.2, 0.25) is 0 Å². The van der Waals surface area contributed by atoms with Crippen molar-refractivity contribution in [3.8, 4) is 0 Å². The Labute approximate surface area is 81.4 Å². The largest absolute Gasteiger partial charge is 0.294 e. The summed E-state index contributed by atoms with van der Waals surface area (Å²) in [7, 11) is 0. The number of hydrogen-bond acceptors (Lipinski definition) is 2. The van der Waals surface area contributed by atoms with E-state index in [4.69, 9.17) is 0 Å². The fourth-order valence-electron chi connectivity index (χ4n) is 1.29. The molecule has 70 valence electrons. The van der Waals surface area contributed by atoms with Crippen molar-refractivity contribution < 1.29 is 9.00 Å². The zero-order valence-electron chi connectivity index (χ0n) is 7.53. The normalized spacial score (nSPS) is 20.4. The predicted octanol–water partition coefficient (Wildman–Crippen LogP) is 1.48. The summed E-state index contributed by atoms with van der Waals surface area (Å²) >= 11 is 0.465. The van der Waals surface area contributed by atoms with E-state index >= 15 is 0 Å². The van der Waals surface area contributed by atoms with Crippen molar-refractivity contribution in [2.45, 2.75) is 19.8 Å². The van der Waals surface area contributed by atoms with E-state index in [1.165, 1.54) is 6.08 Å². The molecule has 0 fully saturated rings. The van der Waals surface area contributed by atoms with Crippen molar-refractivity contribution in [3.05, 3.63) is 24.3 Å². The maximum absolute atomic E-state index is 11.4. The highest BCUT2D eigenvalue weighted by atomic mass is 32.1. The van der Waals surface area contributed by atoms with Crippen LogP contribution in [0, 0.1) is 5.92 Å². The van der Waals surface area contributed by atoms with Gasteiger partial charge in [-0.15, -0.1) is 0 Å². The Morgan fingerprint density at radius 1 is 1.54 bits per heavy atom. The van der Waals surface area contributed by atoms with Crippen LogP contribution in [0.1, 0.15) is 19.8 Å². The standard InChI is InChI=1S/C10H12O2S/c1-2-5-10(13-12)8-6-3-4-7-9(8)11/h3-4,6-8H,2,5H2,1H3. The van der Waals surface area contributed by atoms with Gasteiger partial charge in [-0.1, -0.05) is 31.6 Å². The SMILES string of the molecule is CCCC(=S=O)C1C=CC=CC1=O. The average Bonchev–Trinajstić information content (AvgIpc) is 2.16. The second kappa shape index (κ2) is 4.92. The van der Waals surface area contributed by atoms with Gasteiger partial charge in [0, 0.05) is 4.86 Å². The molecule has 1 atom stereocenters. The summed E-state index contributed by atoms with van der Waals surface area (Å²) in [5.41, 5.74) is 0. The van der Waals surface area contributed by atoms with E-state index in [9.17, 15) is 9.00 Å². The minimum absolute atomic E-state index is 0.0225. The van der Waals surface area contributed by atoms with Gasteiger partial charge in [0.15, 0.2) is 5.78 Å². The van der Waals surface area contributed by atoms with Crippen LogP contribution in [0.5, 0.6) is 0 Å². The van der Waals surface area contributed by atoms with Crippen LogP contribution in [0.15, 0.2) is 24.3 Å². The van der Waals surface area contributed by atoms with Crippen LogP contribution in [-0.4, -0.2) is 14.9 Å². The number of rotatable bonds is 3. The molecule has 0 bridgehead atoms. The van der Waals surface area contributed by atoms with Gasteiger partial charge in [-0.2, -0.15) is 0 Å². The van der Waals surface area contributed by atoms with Crippen molar-refractivity contribution in [3.63, 3.8) is 0 Å². The third-order valence-electron chi connectivity index (χ3n) is 1.93. The minimum Gasteiger partial charge on any atom is -0.294 e. The first-order valence-corrected chi connectivity index (χ1v) is 5.08. The number of ketones is 1. The van der Waals surface area contributed by atoms with Crippen molar-refractivity contribution in [1.82, 2.24) is 0 Å². The lowest BCUT2D eigenvalue weighted by Crippen LogP contribution is -2.21. The van der Waals surface area contributed by atoms with Gasteiger partial charge in [0.1, 0.15) is 0 Å². The molecule has 1 aliphatic carbocycles. The van der Waals surface area contributed by atoms with Gasteiger partial charge in [-0.25, -0.2) is 4.21 Å². The molecule has 1 aliphatic rings. The molecule has 0 aromatic carbocycles. The topological polar surface area (TPSA) is 34.1 Å². The van der Waals surface area contributed by atoms with Crippen LogP contribution in [-0.2, 0) is 16.1 Å². The summed E-state index contributed by atoms with van der Waals surface area (Å²) in [6, 6.07) is 0. The number of allylic oxidation sites excluding steroid dienone is 4. The molecular formula is C10H12O2S. The molecule has 13 heavy (non-hydrogen) atoms. The Hall–Kier alpha value is -0.960. The van der Waals surface area contributed by atoms with Crippen molar-refractivity contribution >= 4 is 21.9 Å². The first-order chi connectivity index (χ1) is 6.29. The third-order valence-corrected chi connectivity index (χ3v) is 2.60. The first-order valence-electron chi connectivity index (χ1n) is 4.33. The molecule has 0 N–H and O–H groups in total. The lowest BCUT2D eigenvalue weighted by Gasteiger charge is -2.11. The monoisotopic (exact) mass is 196 g/mol. The fraction of sp³-hybridized carbons (Fsp3) is 0.400. The second-order valence-corrected chi connectivity index (χ2v) is 3.61. The van der Waals surface area contributed by atoms with Gasteiger partial charge < -0.3 is 0 Å². The van der Waals surface area contributed by atoms with Gasteiger partial charge in [-0.3, -0.25) is 4.79 Å². The summed E-state index contributed by atoms with van der Waals surface area (Å²) in [6.45, 7) is 2.00. The maximum Gasteiger partial charge on any atom is 0.167 e. The molecule has 0 saturated heterocycles. The zero-order chi connectivity index (χ0) is 9.68. The highest BCUT2D eigenvalue weighted by Crippen LogP contribution is 2.12. The van der Waals surface area contributed by atoms with Gasteiger partial charge in [-0.05, 0) is 12.5 Å². The lowest BCUT2D eigenvalue weighted by atomic mass is 9.94. The Kier molecular flexibility index (Phi) is 3.83. The Morgan fingerprint density at radius 2 is 2.31 bits per heavy atom. The van der Waals surface area contributed by atoms with E-state index in [0.29, 0.717) is 11.3 Å². The molecule has 0 radical (unpaired) electrons. The molecule has 0 aliphatic heterocycles. The van der Waals surface area contributed by atoms with Gasteiger partial charge in [0.25, 0.3) is 0 Å². The van der Waals surface area contributed by atoms with E-state index in [0.717, 1.165) is 17.7 Å². The van der Waals surface area contributed by atoms with E-state index in [1.807, 2.05) is 13.0 Å². The molecule has 0 amide bonds. The molecular weight excluding hydrogens is 184 g/mol. The molecule has 0 aromatic rings. The Balaban J connectivity index is 2.81. The summed E-state index contributed by atoms with van der Waals surface area (Å²) in [5, 5.41) is 0. The van der Waals surface area contributed by atoms with Gasteiger partial charge in [0.2, 0.25) is 0 Å². The van der Waals surface area contributed by atoms with Crippen LogP contribution in [0.25, 0.3) is 0 Å². The molecule has 3 heteroatoms. The van der Waals surface area contributed by atoms with E-state index in [1.54, 1.807) is 12.2 Å². The number of carbonyl (C=O) groups excluding carboxylic acids is 1. The van der Waals surface area contributed by atoms with Crippen molar-refractivity contribution in [2.75, 3.05) is 0 Å². The quantitative estimate of drug-likeness (QED) is 0.641. The van der Waals surface area contributed by atoms with E-state index in [2.05, 4.69) is 0 Å². The van der Waals surface area contributed by atoms with Crippen LogP contribution < -0.4 is 0 Å². The smallest absolute Gasteiger partial charge is 0.167 e. The van der Waals surface area contributed by atoms with Crippen LogP contribution >= 0.6 is 0 Å². The summed E-state index contributed by atoms with van der Waals surface area (Å²) < 4.78 is 10.7. The molecule has 0 aromatic heterocycles. The Morgan fingerprint density at radius 3 is 2.85 bits per heavy atom. The highest BCUT2D eigenvalue weighted by molar-refractivity contribution is 7.66. The predicted molar refractivity (Wildman–Crippen MR) is 54.8 cm³/mol. The fourth-order valence-corrected chi connectivity index (χ4v) is 1.87. The van der Waals surface area contributed by atoms with Crippen LogP contribution in [0.3, 0.4) is 0 Å². The van der Waals surface area contributed by atoms with Crippen molar-refractivity contribution in [2.24, 2.45) is 5.92 Å². The van der Waals surface area contributed by atoms with Crippen molar-refractivity contribution in [1.29, 1.82) is 0 Å². The summed E-state index contributed by atoms with van der Waals surface area (Å²) in [6.07, 6.45) is 8.47. The third kappa shape index (κ3) is 2.49. The second-order valence-electron chi connectivity index (χ2n) is 2.92. The number of hydrogen-bond donors (Lipinski definition) is 0. The Bertz CT molecular complexity index is 309. The minimum atomic E-state index is -0.285. The molecule has 0 spiro atoms. The van der Waals surface area contributed by atoms with Crippen LogP contribution in [0.4, 0.5) is 0 Å². The first kappa shape index (κ1) is 10.1. The molecule has 0 heterocycles. The molecule has 0 saturated carbocycles. The molecule has 1 unspecified atom stereocenters. The van der Waals surface area contributed by atoms with E-state index in [-0.39, 0.29) is 11.7 Å². The lowest BCUT2D eigenvalue weighted by molar-refractivity contribution is -0.115. The van der Waals surface area contributed by atoms with Gasteiger partial charge >= 0.3 is 0 Å². The average molecular weight is 196 g/mol. The summed E-state index contributed by atoms with van der Waals surface area (Å²) in [5.74, 6) is -0.262. The number of carbonyl (C=O) groups is 1.